The van der Waals surface area contributed by atoms with Crippen LogP contribution in [0.1, 0.15) is 18.2 Å². The molecule has 0 saturated heterocycles. The fraction of sp³-hybridized carbons (Fsp3) is 0.154. The van der Waals surface area contributed by atoms with E-state index in [1.807, 2.05) is 19.1 Å². The van der Waals surface area contributed by atoms with Crippen LogP contribution in [0.3, 0.4) is 0 Å². The fourth-order valence-electron chi connectivity index (χ4n) is 1.44. The predicted molar refractivity (Wildman–Crippen MR) is 72.8 cm³/mol. The van der Waals surface area contributed by atoms with Gasteiger partial charge in [-0.05, 0) is 35.3 Å². The minimum atomic E-state index is -0.291. The Bertz CT molecular complexity index is 590. The van der Waals surface area contributed by atoms with Gasteiger partial charge in [0.2, 0.25) is 11.7 Å². The Balaban J connectivity index is 1.99. The average Bonchev–Trinajstić information content (AvgIpc) is 2.85. The molecule has 0 atom stereocenters. The van der Waals surface area contributed by atoms with Crippen LogP contribution in [0.2, 0.25) is 5.02 Å². The van der Waals surface area contributed by atoms with Crippen LogP contribution >= 0.6 is 11.6 Å². The Morgan fingerprint density at radius 1 is 1.37 bits per heavy atom. The Morgan fingerprint density at radius 3 is 2.79 bits per heavy atom. The van der Waals surface area contributed by atoms with Gasteiger partial charge in [0, 0.05) is 11.1 Å². The molecule has 19 heavy (non-hydrogen) atoms. The minimum absolute atomic E-state index is 0.291. The predicted octanol–water partition coefficient (Wildman–Crippen LogP) is 2.94. The molecular formula is C13H12ClN3O2. The normalized spacial score (nSPS) is 10.8. The lowest BCUT2D eigenvalue weighted by Crippen LogP contribution is -2.09. The fourth-order valence-corrected chi connectivity index (χ4v) is 1.56. The van der Waals surface area contributed by atoms with Crippen molar-refractivity contribution in [3.63, 3.8) is 0 Å². The highest BCUT2D eigenvalue weighted by Gasteiger charge is 2.09. The lowest BCUT2D eigenvalue weighted by Gasteiger charge is -1.97. The molecule has 2 aromatic rings. The van der Waals surface area contributed by atoms with Crippen molar-refractivity contribution in [3.8, 4) is 0 Å². The maximum atomic E-state index is 11.7. The van der Waals surface area contributed by atoms with Crippen molar-refractivity contribution in [2.45, 2.75) is 13.3 Å². The molecule has 1 aromatic carbocycles. The van der Waals surface area contributed by atoms with Crippen LogP contribution in [0.5, 0.6) is 0 Å². The molecule has 5 nitrogen and oxygen atoms in total. The zero-order valence-electron chi connectivity index (χ0n) is 10.3. The zero-order valence-corrected chi connectivity index (χ0v) is 11.0. The number of nitrogens with one attached hydrogen (secondary N) is 1. The molecule has 0 aliphatic heterocycles. The lowest BCUT2D eigenvalue weighted by atomic mass is 10.2. The van der Waals surface area contributed by atoms with Gasteiger partial charge in [0.25, 0.3) is 0 Å². The summed E-state index contributed by atoms with van der Waals surface area (Å²) in [6, 6.07) is 7.16. The van der Waals surface area contributed by atoms with E-state index in [1.54, 1.807) is 18.2 Å². The van der Waals surface area contributed by atoms with E-state index in [-0.39, 0.29) is 5.91 Å². The van der Waals surface area contributed by atoms with Crippen molar-refractivity contribution in [3.05, 3.63) is 46.6 Å². The maximum absolute atomic E-state index is 11.7. The van der Waals surface area contributed by atoms with Crippen molar-refractivity contribution in [2.24, 2.45) is 0 Å². The molecule has 1 heterocycles. The van der Waals surface area contributed by atoms with E-state index >= 15 is 0 Å². The van der Waals surface area contributed by atoms with Gasteiger partial charge in [0.1, 0.15) is 5.69 Å². The molecule has 0 radical (unpaired) electrons. The maximum Gasteiger partial charge on any atom is 0.249 e. The van der Waals surface area contributed by atoms with Crippen LogP contribution < -0.4 is 5.32 Å². The second-order valence-corrected chi connectivity index (χ2v) is 4.22. The van der Waals surface area contributed by atoms with Crippen LogP contribution in [0.25, 0.3) is 6.08 Å². The summed E-state index contributed by atoms with van der Waals surface area (Å²) in [5, 5.41) is 10.6. The number of benzene rings is 1. The molecule has 0 aliphatic rings. The number of aryl methyl sites for hydroxylation is 1. The highest BCUT2D eigenvalue weighted by atomic mass is 35.5. The van der Waals surface area contributed by atoms with Gasteiger partial charge in [-0.25, -0.2) is 4.63 Å². The van der Waals surface area contributed by atoms with E-state index < -0.39 is 0 Å². The Labute approximate surface area is 115 Å². The molecule has 1 amide bonds. The van der Waals surface area contributed by atoms with E-state index in [4.69, 9.17) is 11.6 Å². The quantitative estimate of drug-likeness (QED) is 0.873. The number of hydrogen-bond donors (Lipinski definition) is 1. The van der Waals surface area contributed by atoms with Crippen molar-refractivity contribution >= 4 is 29.4 Å². The number of carbonyl (C=O) groups excluding carboxylic acids is 1. The number of rotatable bonds is 4. The smallest absolute Gasteiger partial charge is 0.249 e. The number of anilines is 1. The third-order valence-electron chi connectivity index (χ3n) is 2.43. The molecule has 0 spiro atoms. The van der Waals surface area contributed by atoms with Gasteiger partial charge in [0.15, 0.2) is 0 Å². The third kappa shape index (κ3) is 3.66. The van der Waals surface area contributed by atoms with Crippen LogP contribution in [-0.2, 0) is 11.2 Å². The highest BCUT2D eigenvalue weighted by Crippen LogP contribution is 2.12. The lowest BCUT2D eigenvalue weighted by molar-refractivity contribution is -0.111. The Kier molecular flexibility index (Phi) is 4.30. The summed E-state index contributed by atoms with van der Waals surface area (Å²) in [6.45, 7) is 1.90. The number of amides is 1. The third-order valence-corrected chi connectivity index (χ3v) is 2.68. The van der Waals surface area contributed by atoms with Gasteiger partial charge in [-0.15, -0.1) is 0 Å². The second kappa shape index (κ2) is 6.15. The largest absolute Gasteiger partial charge is 0.303 e. The van der Waals surface area contributed by atoms with Crippen LogP contribution in [0.4, 0.5) is 5.82 Å². The number of hydrogen-bond acceptors (Lipinski definition) is 4. The van der Waals surface area contributed by atoms with E-state index in [2.05, 4.69) is 20.3 Å². The number of halogens is 1. The molecule has 0 fully saturated rings. The first kappa shape index (κ1) is 13.3. The summed E-state index contributed by atoms with van der Waals surface area (Å²) in [7, 11) is 0. The first-order valence-electron chi connectivity index (χ1n) is 5.75. The van der Waals surface area contributed by atoms with Crippen molar-refractivity contribution in [1.29, 1.82) is 0 Å². The monoisotopic (exact) mass is 277 g/mol. The average molecular weight is 278 g/mol. The van der Waals surface area contributed by atoms with Crippen molar-refractivity contribution < 1.29 is 9.42 Å². The van der Waals surface area contributed by atoms with Crippen LogP contribution in [0, 0.1) is 0 Å². The van der Waals surface area contributed by atoms with Gasteiger partial charge in [-0.1, -0.05) is 35.8 Å². The summed E-state index contributed by atoms with van der Waals surface area (Å²) in [5.41, 5.74) is 1.50. The Morgan fingerprint density at radius 2 is 2.11 bits per heavy atom. The van der Waals surface area contributed by atoms with Crippen molar-refractivity contribution in [1.82, 2.24) is 10.3 Å². The van der Waals surface area contributed by atoms with E-state index in [0.29, 0.717) is 23.0 Å². The van der Waals surface area contributed by atoms with Gasteiger partial charge in [0.05, 0.1) is 0 Å². The van der Waals surface area contributed by atoms with Gasteiger partial charge >= 0.3 is 0 Å². The van der Waals surface area contributed by atoms with Crippen molar-refractivity contribution in [2.75, 3.05) is 5.32 Å². The topological polar surface area (TPSA) is 68.0 Å². The standard InChI is InChI=1S/C13H12ClN3O2/c1-2-11-13(17-19-16-11)15-12(18)8-5-9-3-6-10(14)7-4-9/h3-8H,2H2,1H3,(H,15,17,18)/b8-5+. The second-order valence-electron chi connectivity index (χ2n) is 3.79. The molecule has 1 N–H and O–H groups in total. The van der Waals surface area contributed by atoms with E-state index in [0.717, 1.165) is 5.56 Å². The Hall–Kier alpha value is -2.14. The summed E-state index contributed by atoms with van der Waals surface area (Å²) in [5.74, 6) is 0.0635. The molecule has 6 heteroatoms. The van der Waals surface area contributed by atoms with E-state index in [9.17, 15) is 4.79 Å². The number of nitrogens with zero attached hydrogens (tertiary/aromatic N) is 2. The SMILES string of the molecule is CCc1nonc1NC(=O)/C=C/c1ccc(Cl)cc1. The van der Waals surface area contributed by atoms with Gasteiger partial charge < -0.3 is 5.32 Å². The highest BCUT2D eigenvalue weighted by molar-refractivity contribution is 6.30. The number of carbonyl (C=O) groups is 1. The molecule has 2 rings (SSSR count). The van der Waals surface area contributed by atoms with Gasteiger partial charge in [-0.2, -0.15) is 0 Å². The molecule has 0 unspecified atom stereocenters. The van der Waals surface area contributed by atoms with Gasteiger partial charge in [-0.3, -0.25) is 4.79 Å². The summed E-state index contributed by atoms with van der Waals surface area (Å²) < 4.78 is 4.56. The summed E-state index contributed by atoms with van der Waals surface area (Å²) >= 11 is 5.77. The molecular weight excluding hydrogens is 266 g/mol. The molecule has 0 aliphatic carbocycles. The zero-order chi connectivity index (χ0) is 13.7. The first-order chi connectivity index (χ1) is 9.19. The molecule has 98 valence electrons. The molecule has 0 bridgehead atoms. The summed E-state index contributed by atoms with van der Waals surface area (Å²) in [4.78, 5) is 11.7. The first-order valence-corrected chi connectivity index (χ1v) is 6.13. The molecule has 1 aromatic heterocycles. The van der Waals surface area contributed by atoms with Crippen LogP contribution in [0.15, 0.2) is 35.0 Å². The van der Waals surface area contributed by atoms with E-state index in [1.165, 1.54) is 6.08 Å². The minimum Gasteiger partial charge on any atom is -0.303 e. The molecule has 0 saturated carbocycles. The number of aromatic nitrogens is 2. The van der Waals surface area contributed by atoms with Crippen LogP contribution in [-0.4, -0.2) is 16.2 Å². The summed E-state index contributed by atoms with van der Waals surface area (Å²) in [6.07, 6.45) is 3.74.